The summed E-state index contributed by atoms with van der Waals surface area (Å²) in [7, 11) is 0. The number of rotatable bonds is 4. The van der Waals surface area contributed by atoms with Crippen LogP contribution in [0.5, 0.6) is 5.75 Å². The topological polar surface area (TPSA) is 43.4 Å². The van der Waals surface area contributed by atoms with Crippen molar-refractivity contribution in [3.05, 3.63) is 26.8 Å². The van der Waals surface area contributed by atoms with Gasteiger partial charge in [0.1, 0.15) is 12.0 Å². The van der Waals surface area contributed by atoms with E-state index >= 15 is 0 Å². The van der Waals surface area contributed by atoms with Crippen molar-refractivity contribution in [3.8, 4) is 5.75 Å². The molecule has 0 unspecified atom stereocenters. The van der Waals surface area contributed by atoms with Gasteiger partial charge in [-0.2, -0.15) is 8.78 Å². The van der Waals surface area contributed by atoms with Crippen LogP contribution in [0.1, 0.15) is 27.6 Å². The van der Waals surface area contributed by atoms with Gasteiger partial charge in [-0.05, 0) is 41.6 Å². The van der Waals surface area contributed by atoms with Crippen LogP contribution in [0.25, 0.3) is 0 Å². The fraction of sp³-hybridized carbons (Fsp3) is 0.200. The van der Waals surface area contributed by atoms with Gasteiger partial charge in [-0.15, -0.1) is 0 Å². The Balaban J connectivity index is 3.34. The minimum Gasteiger partial charge on any atom is -0.434 e. The minimum absolute atomic E-state index is 0.0616. The van der Waals surface area contributed by atoms with Crippen molar-refractivity contribution in [2.45, 2.75) is 13.5 Å². The second-order valence-corrected chi connectivity index (χ2v) is 4.09. The number of Topliss-reactive ketones (excluding diaryl/α,β-unsaturated/α-hetero) is 1. The Labute approximate surface area is 104 Å². The van der Waals surface area contributed by atoms with E-state index in [1.165, 1.54) is 13.0 Å². The van der Waals surface area contributed by atoms with E-state index in [4.69, 9.17) is 0 Å². The Hall–Kier alpha value is -1.05. The molecule has 0 aromatic heterocycles. The fourth-order valence-corrected chi connectivity index (χ4v) is 2.21. The molecule has 0 fully saturated rings. The van der Waals surface area contributed by atoms with E-state index < -0.39 is 12.4 Å². The maximum Gasteiger partial charge on any atom is 0.387 e. The normalized spacial score (nSPS) is 10.3. The lowest BCUT2D eigenvalue weighted by Crippen LogP contribution is -2.08. The first-order chi connectivity index (χ1) is 7.45. The Morgan fingerprint density at radius 1 is 1.50 bits per heavy atom. The average Bonchev–Trinajstić information content (AvgIpc) is 2.14. The smallest absolute Gasteiger partial charge is 0.387 e. The molecule has 1 aromatic carbocycles. The average molecular weight is 340 g/mol. The SMILES string of the molecule is CC(=O)c1c(I)cc(C=O)cc1OC(F)F. The monoisotopic (exact) mass is 340 g/mol. The van der Waals surface area contributed by atoms with Gasteiger partial charge < -0.3 is 4.74 Å². The van der Waals surface area contributed by atoms with Crippen LogP contribution < -0.4 is 4.74 Å². The highest BCUT2D eigenvalue weighted by atomic mass is 127. The molecular formula is C10H7F2IO3. The molecule has 0 heterocycles. The number of aldehydes is 1. The molecule has 0 saturated carbocycles. The number of hydrogen-bond donors (Lipinski definition) is 0. The molecule has 0 spiro atoms. The molecule has 6 heteroatoms. The van der Waals surface area contributed by atoms with Gasteiger partial charge in [-0.1, -0.05) is 0 Å². The second kappa shape index (κ2) is 5.33. The van der Waals surface area contributed by atoms with Gasteiger partial charge in [-0.25, -0.2) is 0 Å². The molecular weight excluding hydrogens is 333 g/mol. The van der Waals surface area contributed by atoms with Crippen LogP contribution in [-0.4, -0.2) is 18.7 Å². The summed E-state index contributed by atoms with van der Waals surface area (Å²) in [6, 6.07) is 2.56. The summed E-state index contributed by atoms with van der Waals surface area (Å²) in [5.74, 6) is -0.658. The molecule has 16 heavy (non-hydrogen) atoms. The van der Waals surface area contributed by atoms with Crippen LogP contribution >= 0.6 is 22.6 Å². The molecule has 86 valence electrons. The van der Waals surface area contributed by atoms with Gasteiger partial charge in [-0.3, -0.25) is 9.59 Å². The highest BCUT2D eigenvalue weighted by molar-refractivity contribution is 14.1. The zero-order valence-electron chi connectivity index (χ0n) is 8.17. The summed E-state index contributed by atoms with van der Waals surface area (Å²) in [6.45, 7) is -1.79. The molecule has 3 nitrogen and oxygen atoms in total. The number of ketones is 1. The first-order valence-electron chi connectivity index (χ1n) is 4.20. The summed E-state index contributed by atoms with van der Waals surface area (Å²) in [4.78, 5) is 21.8. The summed E-state index contributed by atoms with van der Waals surface area (Å²) >= 11 is 1.79. The van der Waals surface area contributed by atoms with Crippen LogP contribution in [0, 0.1) is 3.57 Å². The summed E-state index contributed by atoms with van der Waals surface area (Å²) in [5, 5.41) is 0. The lowest BCUT2D eigenvalue weighted by molar-refractivity contribution is -0.0502. The van der Waals surface area contributed by atoms with Gasteiger partial charge in [0, 0.05) is 9.13 Å². The first-order valence-corrected chi connectivity index (χ1v) is 5.28. The van der Waals surface area contributed by atoms with Gasteiger partial charge >= 0.3 is 6.61 Å². The molecule has 0 aliphatic carbocycles. The van der Waals surface area contributed by atoms with Crippen molar-refractivity contribution >= 4 is 34.7 Å². The molecule has 0 aliphatic rings. The van der Waals surface area contributed by atoms with E-state index in [2.05, 4.69) is 4.74 Å². The predicted molar refractivity (Wildman–Crippen MR) is 61.2 cm³/mol. The Morgan fingerprint density at radius 3 is 2.56 bits per heavy atom. The van der Waals surface area contributed by atoms with Crippen molar-refractivity contribution in [3.63, 3.8) is 0 Å². The van der Waals surface area contributed by atoms with Crippen LogP contribution in [0.2, 0.25) is 0 Å². The minimum atomic E-state index is -3.03. The van der Waals surface area contributed by atoms with E-state index in [1.54, 1.807) is 22.6 Å². The number of carbonyl (C=O) groups excluding carboxylic acids is 2. The molecule has 0 amide bonds. The van der Waals surface area contributed by atoms with Crippen LogP contribution in [-0.2, 0) is 0 Å². The maximum atomic E-state index is 12.1. The Bertz CT molecular complexity index is 432. The fourth-order valence-electron chi connectivity index (χ4n) is 1.20. The first kappa shape index (κ1) is 13.0. The maximum absolute atomic E-state index is 12.1. The third-order valence-electron chi connectivity index (χ3n) is 1.78. The number of halogens is 3. The third-order valence-corrected chi connectivity index (χ3v) is 2.63. The van der Waals surface area contributed by atoms with Crippen LogP contribution in [0.15, 0.2) is 12.1 Å². The highest BCUT2D eigenvalue weighted by Gasteiger charge is 2.17. The van der Waals surface area contributed by atoms with E-state index in [-0.39, 0.29) is 16.9 Å². The van der Waals surface area contributed by atoms with E-state index in [0.29, 0.717) is 9.86 Å². The summed E-state index contributed by atoms with van der Waals surface area (Å²) in [6.07, 6.45) is 0.504. The van der Waals surface area contributed by atoms with Gasteiger partial charge in [0.25, 0.3) is 0 Å². The molecule has 0 N–H and O–H groups in total. The number of carbonyl (C=O) groups is 2. The van der Waals surface area contributed by atoms with Crippen molar-refractivity contribution in [1.82, 2.24) is 0 Å². The Morgan fingerprint density at radius 2 is 2.12 bits per heavy atom. The third kappa shape index (κ3) is 2.97. The van der Waals surface area contributed by atoms with E-state index in [9.17, 15) is 18.4 Å². The van der Waals surface area contributed by atoms with Gasteiger partial charge in [0.05, 0.1) is 5.56 Å². The van der Waals surface area contributed by atoms with Gasteiger partial charge in [0.15, 0.2) is 5.78 Å². The van der Waals surface area contributed by atoms with Crippen LogP contribution in [0.4, 0.5) is 8.78 Å². The number of hydrogen-bond acceptors (Lipinski definition) is 3. The van der Waals surface area contributed by atoms with E-state index in [0.717, 1.165) is 6.07 Å². The Kier molecular flexibility index (Phi) is 4.34. The molecule has 0 atom stereocenters. The van der Waals surface area contributed by atoms with Crippen molar-refractivity contribution in [2.24, 2.45) is 0 Å². The van der Waals surface area contributed by atoms with Gasteiger partial charge in [0.2, 0.25) is 0 Å². The molecule has 0 aliphatic heterocycles. The lowest BCUT2D eigenvalue weighted by atomic mass is 10.1. The largest absolute Gasteiger partial charge is 0.434 e. The van der Waals surface area contributed by atoms with Crippen molar-refractivity contribution < 1.29 is 23.1 Å². The molecule has 0 bridgehead atoms. The molecule has 1 aromatic rings. The number of benzene rings is 1. The lowest BCUT2D eigenvalue weighted by Gasteiger charge is -2.11. The number of ether oxygens (including phenoxy) is 1. The van der Waals surface area contributed by atoms with Crippen LogP contribution in [0.3, 0.4) is 0 Å². The second-order valence-electron chi connectivity index (χ2n) is 2.93. The molecule has 1 rings (SSSR count). The number of alkyl halides is 2. The predicted octanol–water partition coefficient (Wildman–Crippen LogP) is 2.91. The standard InChI is InChI=1S/C10H7F2IO3/c1-5(15)9-7(13)2-6(4-14)3-8(9)16-10(11)12/h2-4,10H,1H3. The zero-order valence-corrected chi connectivity index (χ0v) is 10.3. The molecule has 0 radical (unpaired) electrons. The van der Waals surface area contributed by atoms with Crippen molar-refractivity contribution in [1.29, 1.82) is 0 Å². The summed E-state index contributed by atoms with van der Waals surface area (Å²) in [5.41, 5.74) is 0.247. The molecule has 0 saturated heterocycles. The zero-order chi connectivity index (χ0) is 12.3. The quantitative estimate of drug-likeness (QED) is 0.481. The van der Waals surface area contributed by atoms with Crippen molar-refractivity contribution in [2.75, 3.05) is 0 Å². The highest BCUT2D eigenvalue weighted by Crippen LogP contribution is 2.27. The van der Waals surface area contributed by atoms with E-state index in [1.807, 2.05) is 0 Å². The summed E-state index contributed by atoms with van der Waals surface area (Å²) < 4.78 is 28.8.